The lowest BCUT2D eigenvalue weighted by Crippen LogP contribution is -2.21. The maximum Gasteiger partial charge on any atom is 0.228 e. The van der Waals surface area contributed by atoms with Crippen molar-refractivity contribution in [2.75, 3.05) is 18.5 Å². The third-order valence-corrected chi connectivity index (χ3v) is 4.67. The number of hydrogen-bond acceptors (Lipinski definition) is 2. The Kier molecular flexibility index (Phi) is 3.70. The molecular weight excluding hydrogens is 285 g/mol. The van der Waals surface area contributed by atoms with Crippen molar-refractivity contribution in [2.24, 2.45) is 5.92 Å². The van der Waals surface area contributed by atoms with E-state index in [1.807, 2.05) is 6.07 Å². The molecule has 19 heavy (non-hydrogen) atoms. The van der Waals surface area contributed by atoms with E-state index in [2.05, 4.69) is 5.32 Å². The van der Waals surface area contributed by atoms with Crippen LogP contribution in [0.25, 0.3) is 0 Å². The number of nitrogens with one attached hydrogen (secondary N) is 1. The molecule has 1 aromatic rings. The molecule has 1 N–H and O–H groups in total. The lowest BCUT2D eigenvalue weighted by Gasteiger charge is -2.27. The number of carbonyl (C=O) groups is 1. The predicted octanol–water partition coefficient (Wildman–Crippen LogP) is 3.54. The van der Waals surface area contributed by atoms with Crippen LogP contribution in [0.3, 0.4) is 0 Å². The standard InChI is InChI=1S/C14H15Cl2NO2/c15-11-6-12-9(5-13(18)17-12)4-10(11)14(16)8-2-1-3-19-7-8/h4,6,8,14H,1-3,5,7H2,(H,17,18). The highest BCUT2D eigenvalue weighted by atomic mass is 35.5. The fourth-order valence-electron chi connectivity index (χ4n) is 2.73. The van der Waals surface area contributed by atoms with Crippen LogP contribution in [-0.2, 0) is 16.0 Å². The molecule has 2 atom stereocenters. The van der Waals surface area contributed by atoms with E-state index >= 15 is 0 Å². The molecule has 3 nitrogen and oxygen atoms in total. The van der Waals surface area contributed by atoms with E-state index in [-0.39, 0.29) is 17.2 Å². The van der Waals surface area contributed by atoms with E-state index in [1.54, 1.807) is 6.07 Å². The van der Waals surface area contributed by atoms with Gasteiger partial charge in [-0.2, -0.15) is 0 Å². The molecule has 102 valence electrons. The Hall–Kier alpha value is -0.770. The van der Waals surface area contributed by atoms with Crippen molar-refractivity contribution in [3.05, 3.63) is 28.3 Å². The van der Waals surface area contributed by atoms with Crippen molar-refractivity contribution < 1.29 is 9.53 Å². The van der Waals surface area contributed by atoms with Crippen molar-refractivity contribution in [1.29, 1.82) is 0 Å². The zero-order chi connectivity index (χ0) is 13.4. The predicted molar refractivity (Wildman–Crippen MR) is 75.9 cm³/mol. The molecule has 5 heteroatoms. The Bertz CT molecular complexity index is 512. The highest BCUT2D eigenvalue weighted by molar-refractivity contribution is 6.33. The maximum absolute atomic E-state index is 11.4. The average molecular weight is 300 g/mol. The molecule has 1 amide bonds. The summed E-state index contributed by atoms with van der Waals surface area (Å²) >= 11 is 12.9. The molecule has 1 aromatic carbocycles. The largest absolute Gasteiger partial charge is 0.381 e. The molecule has 0 aromatic heterocycles. The third-order valence-electron chi connectivity index (χ3n) is 3.75. The number of alkyl halides is 1. The molecule has 2 heterocycles. The van der Waals surface area contributed by atoms with Crippen LogP contribution in [-0.4, -0.2) is 19.1 Å². The highest BCUT2D eigenvalue weighted by Gasteiger charge is 2.28. The molecule has 2 unspecified atom stereocenters. The van der Waals surface area contributed by atoms with Gasteiger partial charge in [-0.1, -0.05) is 17.7 Å². The van der Waals surface area contributed by atoms with E-state index in [0.717, 1.165) is 36.3 Å². The summed E-state index contributed by atoms with van der Waals surface area (Å²) < 4.78 is 5.48. The number of carbonyl (C=O) groups excluding carboxylic acids is 1. The van der Waals surface area contributed by atoms with Gasteiger partial charge in [-0.3, -0.25) is 4.79 Å². The number of benzene rings is 1. The Balaban J connectivity index is 1.88. The van der Waals surface area contributed by atoms with Crippen molar-refractivity contribution in [2.45, 2.75) is 24.6 Å². The lowest BCUT2D eigenvalue weighted by molar-refractivity contribution is -0.115. The molecule has 0 radical (unpaired) electrons. The van der Waals surface area contributed by atoms with Gasteiger partial charge in [-0.25, -0.2) is 0 Å². The number of ether oxygens (including phenoxy) is 1. The lowest BCUT2D eigenvalue weighted by atomic mass is 9.92. The Labute approximate surface area is 122 Å². The second kappa shape index (κ2) is 5.31. The highest BCUT2D eigenvalue weighted by Crippen LogP contribution is 2.40. The van der Waals surface area contributed by atoms with Crippen LogP contribution in [0, 0.1) is 5.92 Å². The van der Waals surface area contributed by atoms with E-state index in [1.165, 1.54) is 0 Å². The topological polar surface area (TPSA) is 38.3 Å². The summed E-state index contributed by atoms with van der Waals surface area (Å²) in [5.74, 6) is 0.298. The van der Waals surface area contributed by atoms with Gasteiger partial charge in [0.15, 0.2) is 0 Å². The van der Waals surface area contributed by atoms with Gasteiger partial charge < -0.3 is 10.1 Å². The van der Waals surface area contributed by atoms with Crippen molar-refractivity contribution in [3.63, 3.8) is 0 Å². The number of anilines is 1. The summed E-state index contributed by atoms with van der Waals surface area (Å²) in [7, 11) is 0. The van der Waals surface area contributed by atoms with Crippen LogP contribution >= 0.6 is 23.2 Å². The molecule has 1 saturated heterocycles. The van der Waals surface area contributed by atoms with Crippen LogP contribution < -0.4 is 5.32 Å². The van der Waals surface area contributed by atoms with Gasteiger partial charge in [-0.05, 0) is 30.0 Å². The quantitative estimate of drug-likeness (QED) is 0.848. The van der Waals surface area contributed by atoms with Gasteiger partial charge in [0.05, 0.1) is 18.4 Å². The van der Waals surface area contributed by atoms with Gasteiger partial charge in [0, 0.05) is 23.2 Å². The minimum absolute atomic E-state index is 0.00957. The average Bonchev–Trinajstić information content (AvgIpc) is 2.77. The smallest absolute Gasteiger partial charge is 0.228 e. The monoisotopic (exact) mass is 299 g/mol. The van der Waals surface area contributed by atoms with Crippen LogP contribution in [0.2, 0.25) is 5.02 Å². The molecular formula is C14H15Cl2NO2. The zero-order valence-corrected chi connectivity index (χ0v) is 11.9. The first-order valence-electron chi connectivity index (χ1n) is 6.49. The number of amides is 1. The van der Waals surface area contributed by atoms with E-state index in [0.29, 0.717) is 18.1 Å². The zero-order valence-electron chi connectivity index (χ0n) is 10.4. The van der Waals surface area contributed by atoms with Crippen molar-refractivity contribution in [1.82, 2.24) is 0 Å². The van der Waals surface area contributed by atoms with Gasteiger partial charge in [-0.15, -0.1) is 11.6 Å². The van der Waals surface area contributed by atoms with Crippen molar-refractivity contribution in [3.8, 4) is 0 Å². The first-order valence-corrected chi connectivity index (χ1v) is 7.30. The number of rotatable bonds is 2. The number of hydrogen-bond donors (Lipinski definition) is 1. The first kappa shape index (κ1) is 13.2. The molecule has 0 spiro atoms. The summed E-state index contributed by atoms with van der Waals surface area (Å²) in [5.41, 5.74) is 2.70. The van der Waals surface area contributed by atoms with Crippen LogP contribution in [0.15, 0.2) is 12.1 Å². The minimum Gasteiger partial charge on any atom is -0.381 e. The molecule has 1 fully saturated rings. The third kappa shape index (κ3) is 2.60. The van der Waals surface area contributed by atoms with E-state index < -0.39 is 0 Å². The van der Waals surface area contributed by atoms with Crippen LogP contribution in [0.1, 0.15) is 29.3 Å². The molecule has 0 saturated carbocycles. The molecule has 2 aliphatic rings. The normalized spacial score (nSPS) is 23.9. The Morgan fingerprint density at radius 2 is 2.26 bits per heavy atom. The molecule has 3 rings (SSSR count). The fraction of sp³-hybridized carbons (Fsp3) is 0.500. The fourth-order valence-corrected chi connectivity index (χ4v) is 3.45. The molecule has 0 bridgehead atoms. The van der Waals surface area contributed by atoms with Gasteiger partial charge in [0.1, 0.15) is 0 Å². The summed E-state index contributed by atoms with van der Waals surface area (Å²) in [6.45, 7) is 1.50. The van der Waals surface area contributed by atoms with E-state index in [9.17, 15) is 4.79 Å². The maximum atomic E-state index is 11.4. The number of fused-ring (bicyclic) bond motifs is 1. The molecule has 0 aliphatic carbocycles. The van der Waals surface area contributed by atoms with Gasteiger partial charge in [0.25, 0.3) is 0 Å². The summed E-state index contributed by atoms with van der Waals surface area (Å²) in [5, 5.41) is 3.25. The molecule has 2 aliphatic heterocycles. The Morgan fingerprint density at radius 3 is 3.00 bits per heavy atom. The minimum atomic E-state index is -0.159. The second-order valence-corrected chi connectivity index (χ2v) is 6.01. The van der Waals surface area contributed by atoms with Crippen molar-refractivity contribution >= 4 is 34.8 Å². The summed E-state index contributed by atoms with van der Waals surface area (Å²) in [6.07, 6.45) is 2.50. The van der Waals surface area contributed by atoms with Gasteiger partial charge >= 0.3 is 0 Å². The summed E-state index contributed by atoms with van der Waals surface area (Å²) in [4.78, 5) is 11.4. The first-order chi connectivity index (χ1) is 9.15. The Morgan fingerprint density at radius 1 is 1.42 bits per heavy atom. The van der Waals surface area contributed by atoms with Crippen LogP contribution in [0.4, 0.5) is 5.69 Å². The van der Waals surface area contributed by atoms with Gasteiger partial charge in [0.2, 0.25) is 5.91 Å². The van der Waals surface area contributed by atoms with Crippen LogP contribution in [0.5, 0.6) is 0 Å². The number of halogens is 2. The summed E-state index contributed by atoms with van der Waals surface area (Å²) in [6, 6.07) is 3.76. The van der Waals surface area contributed by atoms with E-state index in [4.69, 9.17) is 27.9 Å². The second-order valence-electron chi connectivity index (χ2n) is 5.13. The SMILES string of the molecule is O=C1Cc2cc(C(Cl)C3CCCOC3)c(Cl)cc2N1.